The molecular weight excluding hydrogens is 427 g/mol. The number of unbranched alkanes of at least 4 members (excludes halogenated alkanes) is 4. The van der Waals surface area contributed by atoms with Gasteiger partial charge in [0.25, 0.3) is 0 Å². The third kappa shape index (κ3) is 9.26. The number of nitrogens with one attached hydrogen (secondary N) is 1. The van der Waals surface area contributed by atoms with E-state index in [0.29, 0.717) is 5.75 Å². The summed E-state index contributed by atoms with van der Waals surface area (Å²) in [5, 5.41) is 8.84. The minimum absolute atomic E-state index is 0.258. The first-order chi connectivity index (χ1) is 11.0. The second kappa shape index (κ2) is 11.8. The quantitative estimate of drug-likeness (QED) is 0.258. The summed E-state index contributed by atoms with van der Waals surface area (Å²) in [6, 6.07) is 6.35. The lowest BCUT2D eigenvalue weighted by Gasteiger charge is -2.10. The topological polar surface area (TPSA) is 92.4 Å². The van der Waals surface area contributed by atoms with Crippen LogP contribution in [0.15, 0.2) is 24.3 Å². The maximum atomic E-state index is 12.0. The molecule has 1 unspecified atom stereocenters. The average molecular weight is 452 g/mol. The molecule has 0 amide bonds. The molecule has 0 bridgehead atoms. The summed E-state index contributed by atoms with van der Waals surface area (Å²) in [7, 11) is -1.11. The molecular formula is C16H25IN2O3S. The second-order valence-electron chi connectivity index (χ2n) is 5.46. The van der Waals surface area contributed by atoms with E-state index < -0.39 is 23.0 Å². The van der Waals surface area contributed by atoms with Crippen LogP contribution in [-0.4, -0.2) is 31.5 Å². The molecule has 0 saturated carbocycles. The molecule has 7 heteroatoms. The summed E-state index contributed by atoms with van der Waals surface area (Å²) in [5.74, 6) is -0.391. The first kappa shape index (κ1) is 20.4. The van der Waals surface area contributed by atoms with Crippen LogP contribution in [0.5, 0.6) is 0 Å². The molecule has 2 atom stereocenters. The molecule has 0 aliphatic rings. The number of hydrogen-bond donors (Lipinski definition) is 3. The zero-order valence-electron chi connectivity index (χ0n) is 13.2. The van der Waals surface area contributed by atoms with E-state index in [1.54, 1.807) is 6.07 Å². The smallest absolute Gasteiger partial charge is 0.320 e. The van der Waals surface area contributed by atoms with Gasteiger partial charge in [-0.05, 0) is 41.4 Å². The fourth-order valence-corrected chi connectivity index (χ4v) is 3.64. The monoisotopic (exact) mass is 452 g/mol. The number of aliphatic carboxylic acids is 1. The zero-order valence-corrected chi connectivity index (χ0v) is 16.1. The van der Waals surface area contributed by atoms with Gasteiger partial charge in [0.15, 0.2) is 0 Å². The van der Waals surface area contributed by atoms with Crippen molar-refractivity contribution in [3.8, 4) is 0 Å². The van der Waals surface area contributed by atoms with Crippen LogP contribution >= 0.6 is 22.6 Å². The number of carboxylic acids is 1. The number of halogens is 1. The molecule has 23 heavy (non-hydrogen) atoms. The molecule has 0 aliphatic heterocycles. The summed E-state index contributed by atoms with van der Waals surface area (Å²) in [4.78, 5) is 10.8. The molecule has 0 spiro atoms. The van der Waals surface area contributed by atoms with Crippen LogP contribution in [0.4, 0.5) is 5.69 Å². The number of carbonyl (C=O) groups is 1. The summed E-state index contributed by atoms with van der Waals surface area (Å²) >= 11 is 2.39. The van der Waals surface area contributed by atoms with Gasteiger partial charge < -0.3 is 15.6 Å². The Kier molecular flexibility index (Phi) is 10.5. The number of nitrogens with two attached hydrogens (primary N) is 1. The van der Waals surface area contributed by atoms with E-state index in [9.17, 15) is 9.00 Å². The summed E-state index contributed by atoms with van der Waals surface area (Å²) in [6.45, 7) is 0. The Hall–Kier alpha value is -0.670. The minimum Gasteiger partial charge on any atom is -0.480 e. The van der Waals surface area contributed by atoms with Crippen molar-refractivity contribution in [2.24, 2.45) is 5.73 Å². The van der Waals surface area contributed by atoms with Gasteiger partial charge in [-0.2, -0.15) is 0 Å². The van der Waals surface area contributed by atoms with Crippen molar-refractivity contribution in [2.45, 2.75) is 44.6 Å². The van der Waals surface area contributed by atoms with Crippen molar-refractivity contribution in [1.82, 2.24) is 0 Å². The predicted octanol–water partition coefficient (Wildman–Crippen LogP) is 3.10. The zero-order chi connectivity index (χ0) is 17.1. The number of rotatable bonds is 12. The summed E-state index contributed by atoms with van der Waals surface area (Å²) in [6.07, 6.45) is 6.01. The van der Waals surface area contributed by atoms with Crippen LogP contribution in [0, 0.1) is 0 Å². The maximum absolute atomic E-state index is 12.0. The normalized spacial score (nSPS) is 13.5. The van der Waals surface area contributed by atoms with Crippen molar-refractivity contribution in [2.75, 3.05) is 14.9 Å². The maximum Gasteiger partial charge on any atom is 0.320 e. The molecule has 0 radical (unpaired) electrons. The Bertz CT molecular complexity index is 514. The standard InChI is InChI=1S/C16H25IN2O3S/c17-9-4-2-1-3-5-10-23(22)19-14-8-6-7-13(11-14)12-15(18)16(20)21/h6-8,11,15,19H,1-5,9-10,12,18H2,(H,20,21)/t15-,23?/m0/s1. The van der Waals surface area contributed by atoms with Gasteiger partial charge in [0.1, 0.15) is 17.0 Å². The van der Waals surface area contributed by atoms with Gasteiger partial charge in [0, 0.05) is 11.4 Å². The van der Waals surface area contributed by atoms with Crippen LogP contribution in [-0.2, 0) is 22.2 Å². The van der Waals surface area contributed by atoms with E-state index in [-0.39, 0.29) is 6.42 Å². The lowest BCUT2D eigenvalue weighted by Crippen LogP contribution is -2.32. The van der Waals surface area contributed by atoms with Crippen LogP contribution < -0.4 is 10.5 Å². The number of anilines is 1. The summed E-state index contributed by atoms with van der Waals surface area (Å²) < 4.78 is 16.2. The van der Waals surface area contributed by atoms with E-state index in [1.165, 1.54) is 23.7 Å². The second-order valence-corrected chi connectivity index (χ2v) is 7.84. The first-order valence-corrected chi connectivity index (χ1v) is 10.7. The van der Waals surface area contributed by atoms with E-state index in [4.69, 9.17) is 10.8 Å². The Morgan fingerprint density at radius 2 is 1.96 bits per heavy atom. The molecule has 130 valence electrons. The molecule has 0 aliphatic carbocycles. The Morgan fingerprint density at radius 3 is 2.65 bits per heavy atom. The fourth-order valence-electron chi connectivity index (χ4n) is 2.14. The number of benzene rings is 1. The summed E-state index contributed by atoms with van der Waals surface area (Å²) in [5.41, 5.74) is 7.09. The lowest BCUT2D eigenvalue weighted by atomic mass is 10.1. The number of hydrogen-bond acceptors (Lipinski definition) is 3. The minimum atomic E-state index is -1.11. The van der Waals surface area contributed by atoms with Gasteiger partial charge >= 0.3 is 5.97 Å². The van der Waals surface area contributed by atoms with Crippen molar-refractivity contribution in [1.29, 1.82) is 0 Å². The molecule has 5 nitrogen and oxygen atoms in total. The highest BCUT2D eigenvalue weighted by Gasteiger charge is 2.12. The van der Waals surface area contributed by atoms with E-state index >= 15 is 0 Å². The molecule has 0 fully saturated rings. The van der Waals surface area contributed by atoms with Crippen LogP contribution in [0.3, 0.4) is 0 Å². The van der Waals surface area contributed by atoms with Crippen molar-refractivity contribution in [3.05, 3.63) is 29.8 Å². The Morgan fingerprint density at radius 1 is 1.26 bits per heavy atom. The van der Waals surface area contributed by atoms with Gasteiger partial charge in [-0.3, -0.25) is 4.79 Å². The van der Waals surface area contributed by atoms with E-state index in [2.05, 4.69) is 27.3 Å². The number of alkyl halides is 1. The van der Waals surface area contributed by atoms with Gasteiger partial charge in [0.05, 0.1) is 0 Å². The molecule has 4 N–H and O–H groups in total. The highest BCUT2D eigenvalue weighted by molar-refractivity contribution is 14.1. The van der Waals surface area contributed by atoms with E-state index in [0.717, 1.165) is 24.1 Å². The molecule has 0 aromatic heterocycles. The number of carboxylic acid groups (broad SMARTS) is 1. The highest BCUT2D eigenvalue weighted by Crippen LogP contribution is 2.13. The van der Waals surface area contributed by atoms with Gasteiger partial charge in [-0.25, -0.2) is 4.21 Å². The largest absolute Gasteiger partial charge is 0.480 e. The molecule has 1 aromatic carbocycles. The molecule has 1 aromatic rings. The third-order valence-corrected chi connectivity index (χ3v) is 5.28. The van der Waals surface area contributed by atoms with Crippen molar-refractivity contribution in [3.63, 3.8) is 0 Å². The molecule has 0 heterocycles. The lowest BCUT2D eigenvalue weighted by molar-refractivity contribution is -0.138. The van der Waals surface area contributed by atoms with Gasteiger partial charge in [-0.15, -0.1) is 0 Å². The van der Waals surface area contributed by atoms with Crippen LogP contribution in [0.2, 0.25) is 0 Å². The third-order valence-electron chi connectivity index (χ3n) is 3.39. The molecule has 1 rings (SSSR count). The van der Waals surface area contributed by atoms with Gasteiger partial charge in [-0.1, -0.05) is 54.0 Å². The van der Waals surface area contributed by atoms with Crippen molar-refractivity contribution >= 4 is 45.2 Å². The average Bonchev–Trinajstić information content (AvgIpc) is 2.51. The van der Waals surface area contributed by atoms with Crippen LogP contribution in [0.25, 0.3) is 0 Å². The Labute approximate surface area is 154 Å². The fraction of sp³-hybridized carbons (Fsp3) is 0.562. The van der Waals surface area contributed by atoms with Crippen LogP contribution in [0.1, 0.15) is 37.7 Å². The van der Waals surface area contributed by atoms with Crippen molar-refractivity contribution < 1.29 is 14.1 Å². The van der Waals surface area contributed by atoms with Gasteiger partial charge in [0.2, 0.25) is 0 Å². The predicted molar refractivity (Wildman–Crippen MR) is 104 cm³/mol. The van der Waals surface area contributed by atoms with E-state index in [1.807, 2.05) is 18.2 Å². The first-order valence-electron chi connectivity index (χ1n) is 7.81. The SMILES string of the molecule is N[C@@H](Cc1cccc(NS(=O)CCCCCCCI)c1)C(=O)O. The molecule has 0 saturated heterocycles. The highest BCUT2D eigenvalue weighted by atomic mass is 127. The Balaban J connectivity index is 2.35.